The van der Waals surface area contributed by atoms with Gasteiger partial charge in [0.05, 0.1) is 16.0 Å². The van der Waals surface area contributed by atoms with Crippen LogP contribution in [0.4, 0.5) is 0 Å². The van der Waals surface area contributed by atoms with Crippen LogP contribution in [-0.4, -0.2) is 46.3 Å². The summed E-state index contributed by atoms with van der Waals surface area (Å²) in [5.74, 6) is -1.25. The summed E-state index contributed by atoms with van der Waals surface area (Å²) >= 11 is 1.19. The number of unbranched alkanes of at least 4 members (excludes halogenated alkanes) is 11. The fraction of sp³-hybridized carbons (Fsp3) is 0.562. The molecule has 0 spiro atoms. The Kier molecular flexibility index (Phi) is 13.6. The molecule has 0 fully saturated rings. The van der Waals surface area contributed by atoms with Crippen molar-refractivity contribution in [2.75, 3.05) is 18.6 Å². The summed E-state index contributed by atoms with van der Waals surface area (Å²) in [5, 5.41) is 7.87. The minimum absolute atomic E-state index is 0.0653. The highest BCUT2D eigenvalue weighted by atomic mass is 32.2. The standard InChI is InChI=1S/C32H47N3O5S3/c1-3-4-5-6-7-8-9-10-11-12-13-17-22-32(42(2,37)38,30(36)34-23-24-43(33,39)40)31-35-28-25-27(20-21-29(28)41-31)26-18-15-14-16-19-26/h14-16,18-21,25H,3-13,17,22-24H2,1-2H3,(H,34,36)(H2,33,39,40). The molecule has 0 aliphatic heterocycles. The van der Waals surface area contributed by atoms with E-state index in [1.807, 2.05) is 48.5 Å². The molecular weight excluding hydrogens is 603 g/mol. The summed E-state index contributed by atoms with van der Waals surface area (Å²) in [6, 6.07) is 15.6. The number of carbonyl (C=O) groups is 1. The van der Waals surface area contributed by atoms with E-state index in [-0.39, 0.29) is 18.0 Å². The largest absolute Gasteiger partial charge is 0.353 e. The molecule has 0 radical (unpaired) electrons. The third kappa shape index (κ3) is 10.4. The average Bonchev–Trinajstić information content (AvgIpc) is 3.38. The van der Waals surface area contributed by atoms with Gasteiger partial charge in [-0.3, -0.25) is 4.79 Å². The number of thiazole rings is 1. The van der Waals surface area contributed by atoms with Gasteiger partial charge >= 0.3 is 0 Å². The summed E-state index contributed by atoms with van der Waals surface area (Å²) in [6.07, 6.45) is 14.6. The van der Waals surface area contributed by atoms with E-state index in [1.165, 1.54) is 56.3 Å². The second kappa shape index (κ2) is 16.7. The van der Waals surface area contributed by atoms with Crippen molar-refractivity contribution in [1.82, 2.24) is 10.3 Å². The Morgan fingerprint density at radius 1 is 0.837 bits per heavy atom. The molecule has 3 aromatic rings. The number of nitrogens with zero attached hydrogens (tertiary/aromatic N) is 1. The second-order valence-electron chi connectivity index (χ2n) is 11.4. The predicted molar refractivity (Wildman–Crippen MR) is 178 cm³/mol. The van der Waals surface area contributed by atoms with Crippen LogP contribution in [-0.2, 0) is 29.4 Å². The zero-order valence-corrected chi connectivity index (χ0v) is 28.0. The van der Waals surface area contributed by atoms with Crippen molar-refractivity contribution in [3.05, 3.63) is 53.5 Å². The first kappa shape index (κ1) is 35.1. The lowest BCUT2D eigenvalue weighted by Crippen LogP contribution is -2.50. The Morgan fingerprint density at radius 3 is 1.98 bits per heavy atom. The quantitative estimate of drug-likeness (QED) is 0.131. The van der Waals surface area contributed by atoms with Crippen LogP contribution in [0.15, 0.2) is 48.5 Å². The van der Waals surface area contributed by atoms with Gasteiger partial charge in [-0.1, -0.05) is 120 Å². The molecule has 1 atom stereocenters. The smallest absolute Gasteiger partial charge is 0.248 e. The molecule has 3 rings (SSSR count). The summed E-state index contributed by atoms with van der Waals surface area (Å²) in [4.78, 5) is 18.5. The van der Waals surface area contributed by atoms with Gasteiger partial charge in [0.15, 0.2) is 9.84 Å². The van der Waals surface area contributed by atoms with Crippen LogP contribution in [0, 0.1) is 0 Å². The summed E-state index contributed by atoms with van der Waals surface area (Å²) in [7, 11) is -7.85. The molecule has 238 valence electrons. The number of nitrogens with two attached hydrogens (primary N) is 1. The van der Waals surface area contributed by atoms with Crippen LogP contribution < -0.4 is 10.5 Å². The van der Waals surface area contributed by atoms with E-state index in [1.54, 1.807) is 0 Å². The van der Waals surface area contributed by atoms with Crippen LogP contribution in [0.5, 0.6) is 0 Å². The number of benzene rings is 2. The van der Waals surface area contributed by atoms with Gasteiger partial charge in [-0.15, -0.1) is 11.3 Å². The molecule has 0 saturated carbocycles. The van der Waals surface area contributed by atoms with E-state index in [4.69, 9.17) is 10.1 Å². The van der Waals surface area contributed by atoms with E-state index in [0.29, 0.717) is 11.9 Å². The van der Waals surface area contributed by atoms with Crippen molar-refractivity contribution >= 4 is 47.3 Å². The number of hydrogen-bond acceptors (Lipinski definition) is 7. The molecule has 11 heteroatoms. The van der Waals surface area contributed by atoms with Crippen LogP contribution >= 0.6 is 11.3 Å². The molecule has 1 heterocycles. The lowest BCUT2D eigenvalue weighted by Gasteiger charge is -2.29. The molecule has 0 aliphatic carbocycles. The van der Waals surface area contributed by atoms with E-state index >= 15 is 0 Å². The van der Waals surface area contributed by atoms with Crippen molar-refractivity contribution in [3.63, 3.8) is 0 Å². The number of amides is 1. The number of nitrogens with one attached hydrogen (secondary N) is 1. The van der Waals surface area contributed by atoms with Gasteiger partial charge in [-0.25, -0.2) is 27.0 Å². The topological polar surface area (TPSA) is 136 Å². The van der Waals surface area contributed by atoms with Crippen LogP contribution in [0.3, 0.4) is 0 Å². The van der Waals surface area contributed by atoms with Crippen LogP contribution in [0.2, 0.25) is 0 Å². The van der Waals surface area contributed by atoms with Gasteiger partial charge in [-0.05, 0) is 29.7 Å². The van der Waals surface area contributed by atoms with E-state index in [9.17, 15) is 21.6 Å². The number of carbonyl (C=O) groups excluding carboxylic acids is 1. The molecule has 0 saturated heterocycles. The van der Waals surface area contributed by atoms with Crippen LogP contribution in [0.1, 0.15) is 95.4 Å². The number of hydrogen-bond donors (Lipinski definition) is 2. The lowest BCUT2D eigenvalue weighted by molar-refractivity contribution is -0.124. The van der Waals surface area contributed by atoms with E-state index < -0.39 is 36.3 Å². The first-order valence-electron chi connectivity index (χ1n) is 15.4. The van der Waals surface area contributed by atoms with Gasteiger partial charge in [0.1, 0.15) is 5.01 Å². The van der Waals surface area contributed by atoms with Crippen molar-refractivity contribution < 1.29 is 21.6 Å². The van der Waals surface area contributed by atoms with E-state index in [2.05, 4.69) is 12.2 Å². The van der Waals surface area contributed by atoms with Gasteiger partial charge in [0.2, 0.25) is 20.7 Å². The third-order valence-corrected chi connectivity index (χ3v) is 11.8. The molecular formula is C32H47N3O5S3. The molecule has 43 heavy (non-hydrogen) atoms. The molecule has 1 unspecified atom stereocenters. The van der Waals surface area contributed by atoms with Crippen molar-refractivity contribution in [1.29, 1.82) is 0 Å². The Bertz CT molecular complexity index is 1520. The molecule has 3 N–H and O–H groups in total. The summed E-state index contributed by atoms with van der Waals surface area (Å²) < 4.78 is 48.9. The Hall–Kier alpha value is -2.34. The fourth-order valence-electron chi connectivity index (χ4n) is 5.40. The minimum Gasteiger partial charge on any atom is -0.353 e. The molecule has 0 aliphatic rings. The lowest BCUT2D eigenvalue weighted by atomic mass is 9.98. The number of rotatable bonds is 20. The second-order valence-corrected chi connectivity index (χ2v) is 16.4. The van der Waals surface area contributed by atoms with Crippen molar-refractivity contribution in [2.24, 2.45) is 5.14 Å². The Labute approximate surface area is 261 Å². The van der Waals surface area contributed by atoms with Gasteiger partial charge in [-0.2, -0.15) is 0 Å². The molecule has 0 bridgehead atoms. The average molecular weight is 650 g/mol. The fourth-order valence-corrected chi connectivity index (χ4v) is 8.71. The van der Waals surface area contributed by atoms with Crippen LogP contribution in [0.25, 0.3) is 21.3 Å². The highest BCUT2D eigenvalue weighted by Gasteiger charge is 2.51. The van der Waals surface area contributed by atoms with E-state index in [0.717, 1.165) is 47.8 Å². The maximum Gasteiger partial charge on any atom is 0.248 e. The van der Waals surface area contributed by atoms with Gasteiger partial charge in [0.25, 0.3) is 0 Å². The highest BCUT2D eigenvalue weighted by molar-refractivity contribution is 7.92. The molecule has 2 aromatic carbocycles. The Balaban J connectivity index is 1.77. The maximum atomic E-state index is 13.7. The molecule has 1 amide bonds. The zero-order chi connectivity index (χ0) is 31.3. The first-order valence-corrected chi connectivity index (χ1v) is 19.8. The predicted octanol–water partition coefficient (Wildman–Crippen LogP) is 6.70. The summed E-state index contributed by atoms with van der Waals surface area (Å²) in [5.41, 5.74) is 2.56. The van der Waals surface area contributed by atoms with Gasteiger partial charge < -0.3 is 5.32 Å². The number of fused-ring (bicyclic) bond motifs is 1. The number of sulfonamides is 1. The zero-order valence-electron chi connectivity index (χ0n) is 25.5. The molecule has 1 aromatic heterocycles. The number of sulfone groups is 1. The SMILES string of the molecule is CCCCCCCCCCCCCCC(C(=O)NCCS(N)(=O)=O)(c1nc2cc(-c3ccccc3)ccc2s1)S(C)(=O)=O. The highest BCUT2D eigenvalue weighted by Crippen LogP contribution is 2.41. The van der Waals surface area contributed by atoms with Crippen molar-refractivity contribution in [3.8, 4) is 11.1 Å². The third-order valence-electron chi connectivity index (χ3n) is 7.89. The molecule has 8 nitrogen and oxygen atoms in total. The first-order chi connectivity index (χ1) is 20.5. The van der Waals surface area contributed by atoms with Crippen molar-refractivity contribution in [2.45, 2.75) is 95.1 Å². The normalized spacial score (nSPS) is 13.7. The number of aromatic nitrogens is 1. The monoisotopic (exact) mass is 649 g/mol. The Morgan fingerprint density at radius 2 is 1.42 bits per heavy atom. The maximum absolute atomic E-state index is 13.7. The minimum atomic E-state index is -4.01. The summed E-state index contributed by atoms with van der Waals surface area (Å²) in [6.45, 7) is 1.94. The van der Waals surface area contributed by atoms with Gasteiger partial charge in [0, 0.05) is 12.8 Å². The number of primary sulfonamides is 1.